The molecule has 1 aliphatic rings. The second kappa shape index (κ2) is 9.09. The molecule has 1 N–H and O–H groups in total. The number of ketones is 1. The van der Waals surface area contributed by atoms with Crippen molar-refractivity contribution in [1.82, 2.24) is 9.88 Å². The number of carbonyl (C=O) groups excluding carboxylic acids is 2. The largest absolute Gasteiger partial charge is 0.507 e. The fourth-order valence-electron chi connectivity index (χ4n) is 3.80. The number of Topliss-reactive ketones (excluding diaryl/α,β-unsaturated/α-hetero) is 1. The lowest BCUT2D eigenvalue weighted by Crippen LogP contribution is -2.29. The number of benzene rings is 1. The molecule has 164 valence electrons. The van der Waals surface area contributed by atoms with Gasteiger partial charge in [-0.25, -0.2) is 0 Å². The van der Waals surface area contributed by atoms with Gasteiger partial charge in [-0.05, 0) is 60.9 Å². The van der Waals surface area contributed by atoms with Crippen LogP contribution in [0, 0.1) is 6.92 Å². The van der Waals surface area contributed by atoms with Crippen molar-refractivity contribution in [3.05, 3.63) is 89.1 Å². The molecule has 1 atom stereocenters. The van der Waals surface area contributed by atoms with Crippen molar-refractivity contribution in [2.24, 2.45) is 0 Å². The highest BCUT2D eigenvalue weighted by molar-refractivity contribution is 6.46. The number of furan rings is 1. The minimum Gasteiger partial charge on any atom is -0.507 e. The van der Waals surface area contributed by atoms with Gasteiger partial charge in [0.2, 0.25) is 0 Å². The van der Waals surface area contributed by atoms with E-state index in [1.807, 2.05) is 19.9 Å². The summed E-state index contributed by atoms with van der Waals surface area (Å²) in [6.07, 6.45) is 5.63. The van der Waals surface area contributed by atoms with E-state index < -0.39 is 17.7 Å². The van der Waals surface area contributed by atoms with Crippen LogP contribution in [0.1, 0.15) is 41.8 Å². The Hall–Kier alpha value is -3.87. The van der Waals surface area contributed by atoms with Gasteiger partial charge in [0.05, 0.1) is 18.4 Å². The minimum absolute atomic E-state index is 0.00420. The van der Waals surface area contributed by atoms with Gasteiger partial charge in [0.25, 0.3) is 11.7 Å². The highest BCUT2D eigenvalue weighted by atomic mass is 16.5. The molecule has 4 rings (SSSR count). The smallest absolute Gasteiger partial charge is 0.296 e. The van der Waals surface area contributed by atoms with Crippen LogP contribution in [0.25, 0.3) is 5.76 Å². The predicted octanol–water partition coefficient (Wildman–Crippen LogP) is 4.39. The summed E-state index contributed by atoms with van der Waals surface area (Å²) in [7, 11) is 0. The van der Waals surface area contributed by atoms with Gasteiger partial charge in [-0.1, -0.05) is 13.0 Å². The normalized spacial score (nSPS) is 17.7. The maximum atomic E-state index is 13.0. The van der Waals surface area contributed by atoms with Crippen LogP contribution >= 0.6 is 0 Å². The molecule has 1 aromatic carbocycles. The van der Waals surface area contributed by atoms with Crippen molar-refractivity contribution in [2.45, 2.75) is 32.9 Å². The van der Waals surface area contributed by atoms with Crippen LogP contribution in [0.2, 0.25) is 0 Å². The molecule has 1 fully saturated rings. The van der Waals surface area contributed by atoms with Crippen LogP contribution in [0.5, 0.6) is 5.75 Å². The van der Waals surface area contributed by atoms with Crippen LogP contribution in [-0.4, -0.2) is 33.3 Å². The standard InChI is InChI=1S/C25H24N2O5/c1-3-11-31-19-9-8-18(13-16(19)2)23(28)21-22(20-7-5-12-32-20)27(25(30)24(21)29)15-17-6-4-10-26-14-17/h4-10,12-14,22,28H,3,11,15H2,1-2H3/b23-21-. The van der Waals surface area contributed by atoms with Gasteiger partial charge in [0.15, 0.2) is 0 Å². The second-order valence-corrected chi connectivity index (χ2v) is 7.63. The summed E-state index contributed by atoms with van der Waals surface area (Å²) < 4.78 is 11.3. The first-order chi connectivity index (χ1) is 15.5. The molecule has 1 amide bonds. The molecule has 3 heterocycles. The fraction of sp³-hybridized carbons (Fsp3) is 0.240. The molecule has 1 saturated heterocycles. The van der Waals surface area contributed by atoms with Gasteiger partial charge in [0.1, 0.15) is 23.3 Å². The Kier molecular flexibility index (Phi) is 6.07. The summed E-state index contributed by atoms with van der Waals surface area (Å²) >= 11 is 0. The molecule has 7 heteroatoms. The molecule has 32 heavy (non-hydrogen) atoms. The summed E-state index contributed by atoms with van der Waals surface area (Å²) in [5, 5.41) is 11.1. The summed E-state index contributed by atoms with van der Waals surface area (Å²) in [4.78, 5) is 31.5. The Morgan fingerprint density at radius 2 is 2.06 bits per heavy atom. The summed E-state index contributed by atoms with van der Waals surface area (Å²) in [6, 6.07) is 11.3. The molecule has 0 saturated carbocycles. The maximum absolute atomic E-state index is 13.0. The molecule has 7 nitrogen and oxygen atoms in total. The number of aryl methyl sites for hydroxylation is 1. The summed E-state index contributed by atoms with van der Waals surface area (Å²) in [6.45, 7) is 4.63. The number of aliphatic hydroxyl groups is 1. The fourth-order valence-corrected chi connectivity index (χ4v) is 3.80. The molecule has 0 aliphatic carbocycles. The third kappa shape index (κ3) is 4.01. The minimum atomic E-state index is -0.846. The number of rotatable bonds is 7. The monoisotopic (exact) mass is 432 g/mol. The number of nitrogens with zero attached hydrogens (tertiary/aromatic N) is 2. The third-order valence-electron chi connectivity index (χ3n) is 5.34. The second-order valence-electron chi connectivity index (χ2n) is 7.63. The molecular weight excluding hydrogens is 408 g/mol. The Bertz CT molecular complexity index is 1150. The topological polar surface area (TPSA) is 92.9 Å². The number of likely N-dealkylation sites (tertiary alicyclic amines) is 1. The van der Waals surface area contributed by atoms with Crippen molar-refractivity contribution in [3.8, 4) is 5.75 Å². The molecule has 1 unspecified atom stereocenters. The first-order valence-electron chi connectivity index (χ1n) is 10.5. The molecular formula is C25H24N2O5. The van der Waals surface area contributed by atoms with E-state index in [4.69, 9.17) is 9.15 Å². The number of pyridine rings is 1. The van der Waals surface area contributed by atoms with Crippen LogP contribution in [0.4, 0.5) is 0 Å². The lowest BCUT2D eigenvalue weighted by Gasteiger charge is -2.23. The molecule has 0 spiro atoms. The van der Waals surface area contributed by atoms with Crippen molar-refractivity contribution in [3.63, 3.8) is 0 Å². The number of aromatic nitrogens is 1. The van der Waals surface area contributed by atoms with Gasteiger partial charge in [0, 0.05) is 24.5 Å². The number of aliphatic hydroxyl groups excluding tert-OH is 1. The third-order valence-corrected chi connectivity index (χ3v) is 5.34. The zero-order chi connectivity index (χ0) is 22.7. The lowest BCUT2D eigenvalue weighted by molar-refractivity contribution is -0.140. The van der Waals surface area contributed by atoms with Crippen LogP contribution in [-0.2, 0) is 16.1 Å². The number of carbonyl (C=O) groups is 2. The van der Waals surface area contributed by atoms with Gasteiger partial charge in [-0.15, -0.1) is 0 Å². The van der Waals surface area contributed by atoms with Crippen molar-refractivity contribution < 1.29 is 23.8 Å². The van der Waals surface area contributed by atoms with Crippen LogP contribution in [0.15, 0.2) is 71.1 Å². The summed E-state index contributed by atoms with van der Waals surface area (Å²) in [5.74, 6) is -0.589. The van der Waals surface area contributed by atoms with Gasteiger partial charge in [-0.3, -0.25) is 14.6 Å². The first-order valence-corrected chi connectivity index (χ1v) is 10.5. The zero-order valence-electron chi connectivity index (χ0n) is 17.9. The average Bonchev–Trinajstić information content (AvgIpc) is 3.41. The Balaban J connectivity index is 1.77. The van der Waals surface area contributed by atoms with Crippen LogP contribution < -0.4 is 4.74 Å². The van der Waals surface area contributed by atoms with E-state index in [0.29, 0.717) is 23.7 Å². The predicted molar refractivity (Wildman–Crippen MR) is 118 cm³/mol. The Labute approximate surface area is 186 Å². The van der Waals surface area contributed by atoms with E-state index in [-0.39, 0.29) is 17.9 Å². The summed E-state index contributed by atoms with van der Waals surface area (Å²) in [5.41, 5.74) is 2.01. The zero-order valence-corrected chi connectivity index (χ0v) is 17.9. The molecule has 2 aromatic heterocycles. The van der Waals surface area contributed by atoms with E-state index in [2.05, 4.69) is 4.98 Å². The van der Waals surface area contributed by atoms with Crippen molar-refractivity contribution >= 4 is 17.4 Å². The highest BCUT2D eigenvalue weighted by Gasteiger charge is 2.47. The number of amides is 1. The van der Waals surface area contributed by atoms with Crippen molar-refractivity contribution in [1.29, 1.82) is 0 Å². The van der Waals surface area contributed by atoms with E-state index in [0.717, 1.165) is 17.5 Å². The van der Waals surface area contributed by atoms with Crippen molar-refractivity contribution in [2.75, 3.05) is 6.61 Å². The molecule has 0 bridgehead atoms. The van der Waals surface area contributed by atoms with E-state index in [9.17, 15) is 14.7 Å². The van der Waals surface area contributed by atoms with E-state index in [1.165, 1.54) is 11.2 Å². The highest BCUT2D eigenvalue weighted by Crippen LogP contribution is 2.40. The molecule has 1 aliphatic heterocycles. The molecule has 0 radical (unpaired) electrons. The maximum Gasteiger partial charge on any atom is 0.296 e. The number of hydrogen-bond acceptors (Lipinski definition) is 6. The average molecular weight is 432 g/mol. The lowest BCUT2D eigenvalue weighted by atomic mass is 9.98. The Morgan fingerprint density at radius 1 is 1.22 bits per heavy atom. The molecule has 3 aromatic rings. The quantitative estimate of drug-likeness (QED) is 0.338. The van der Waals surface area contributed by atoms with E-state index >= 15 is 0 Å². The van der Waals surface area contributed by atoms with Gasteiger partial charge >= 0.3 is 0 Å². The van der Waals surface area contributed by atoms with Crippen LogP contribution in [0.3, 0.4) is 0 Å². The number of hydrogen-bond donors (Lipinski definition) is 1. The van der Waals surface area contributed by atoms with Gasteiger partial charge < -0.3 is 19.2 Å². The van der Waals surface area contributed by atoms with E-state index in [1.54, 1.807) is 48.8 Å². The first kappa shape index (κ1) is 21.4. The number of ether oxygens (including phenoxy) is 1. The Morgan fingerprint density at radius 3 is 2.72 bits per heavy atom. The van der Waals surface area contributed by atoms with Gasteiger partial charge in [-0.2, -0.15) is 0 Å². The SMILES string of the molecule is CCCOc1ccc(/C(O)=C2/C(=O)C(=O)N(Cc3cccnc3)C2c2ccco2)cc1C.